The number of benzene rings is 1. The number of para-hydroxylation sites is 1. The highest BCUT2D eigenvalue weighted by Gasteiger charge is 2.30. The van der Waals surface area contributed by atoms with Gasteiger partial charge in [-0.1, -0.05) is 24.3 Å². The molecule has 1 N–H and O–H groups in total. The largest absolute Gasteiger partial charge is 0.474 e. The van der Waals surface area contributed by atoms with Crippen LogP contribution in [0, 0.1) is 5.41 Å². The molecule has 1 fully saturated rings. The fraction of sp³-hybridized carbons (Fsp3) is 0.364. The molecule has 6 nitrogen and oxygen atoms in total. The molecule has 2 aromatic heterocycles. The molecule has 3 heterocycles. The summed E-state index contributed by atoms with van der Waals surface area (Å²) in [6.45, 7) is 0. The Labute approximate surface area is 164 Å². The minimum Gasteiger partial charge on any atom is -0.474 e. The third-order valence-electron chi connectivity index (χ3n) is 5.73. The Morgan fingerprint density at radius 2 is 1.75 bits per heavy atom. The Morgan fingerprint density at radius 3 is 2.57 bits per heavy atom. The van der Waals surface area contributed by atoms with E-state index >= 15 is 0 Å². The first-order valence-corrected chi connectivity index (χ1v) is 9.94. The van der Waals surface area contributed by atoms with E-state index in [4.69, 9.17) is 10.1 Å². The van der Waals surface area contributed by atoms with Gasteiger partial charge in [0.05, 0.1) is 5.69 Å². The lowest BCUT2D eigenvalue weighted by Crippen LogP contribution is -2.25. The number of hydrogen-bond acceptors (Lipinski definition) is 5. The summed E-state index contributed by atoms with van der Waals surface area (Å²) < 4.78 is 8.25. The highest BCUT2D eigenvalue weighted by atomic mass is 16.5. The van der Waals surface area contributed by atoms with Crippen LogP contribution in [-0.2, 0) is 12.8 Å². The van der Waals surface area contributed by atoms with Gasteiger partial charge in [0.25, 0.3) is 0 Å². The monoisotopic (exact) mass is 373 g/mol. The number of rotatable bonds is 3. The Balaban J connectivity index is 1.38. The first-order chi connectivity index (χ1) is 13.8. The number of pyridine rings is 1. The minimum absolute atomic E-state index is 0.207. The fourth-order valence-electron chi connectivity index (χ4n) is 4.36. The Hall–Kier alpha value is -3.02. The number of nitrogens with zero attached hydrogens (tertiary/aromatic N) is 4. The van der Waals surface area contributed by atoms with E-state index < -0.39 is 0 Å². The van der Waals surface area contributed by atoms with Crippen molar-refractivity contribution in [2.45, 2.75) is 50.5 Å². The van der Waals surface area contributed by atoms with E-state index in [-0.39, 0.29) is 6.10 Å². The predicted molar refractivity (Wildman–Crippen MR) is 106 cm³/mol. The third-order valence-corrected chi connectivity index (χ3v) is 5.73. The van der Waals surface area contributed by atoms with Crippen molar-refractivity contribution in [1.82, 2.24) is 19.7 Å². The second-order valence-corrected chi connectivity index (χ2v) is 7.66. The molecule has 3 aromatic rings. The van der Waals surface area contributed by atoms with Gasteiger partial charge in [-0.05, 0) is 43.4 Å². The Bertz CT molecular complexity index is 989. The lowest BCUT2D eigenvalue weighted by atomic mass is 9.86. The van der Waals surface area contributed by atoms with Crippen LogP contribution in [0.1, 0.15) is 48.8 Å². The molecule has 6 heteroatoms. The van der Waals surface area contributed by atoms with Crippen LogP contribution in [0.15, 0.2) is 48.7 Å². The zero-order valence-corrected chi connectivity index (χ0v) is 15.7. The predicted octanol–water partition coefficient (Wildman–Crippen LogP) is 3.89. The summed E-state index contributed by atoms with van der Waals surface area (Å²) in [5.74, 6) is 2.99. The number of aromatic nitrogens is 4. The summed E-state index contributed by atoms with van der Waals surface area (Å²) >= 11 is 0. The van der Waals surface area contributed by atoms with Gasteiger partial charge in [-0.2, -0.15) is 0 Å². The molecule has 28 heavy (non-hydrogen) atoms. The molecular weight excluding hydrogens is 350 g/mol. The van der Waals surface area contributed by atoms with Gasteiger partial charge in [0.15, 0.2) is 0 Å². The van der Waals surface area contributed by atoms with Gasteiger partial charge >= 0.3 is 0 Å². The average molecular weight is 373 g/mol. The van der Waals surface area contributed by atoms with E-state index in [1.165, 1.54) is 5.56 Å². The first kappa shape index (κ1) is 17.1. The first-order valence-electron chi connectivity index (χ1n) is 9.94. The molecule has 0 spiro atoms. The molecule has 0 saturated heterocycles. The summed E-state index contributed by atoms with van der Waals surface area (Å²) in [5, 5.41) is 17.3. The van der Waals surface area contributed by atoms with Crippen molar-refractivity contribution in [3.05, 3.63) is 65.9 Å². The molecule has 1 aliphatic carbocycles. The Kier molecular flexibility index (Phi) is 4.39. The highest BCUT2D eigenvalue weighted by molar-refractivity contribution is 5.87. The normalized spacial score (nSPS) is 21.5. The van der Waals surface area contributed by atoms with Crippen molar-refractivity contribution in [2.75, 3.05) is 0 Å². The van der Waals surface area contributed by atoms with Crippen LogP contribution in [0.5, 0.6) is 5.88 Å². The molecule has 0 bridgehead atoms. The van der Waals surface area contributed by atoms with Crippen LogP contribution >= 0.6 is 0 Å². The number of hydrogen-bond donors (Lipinski definition) is 1. The van der Waals surface area contributed by atoms with Gasteiger partial charge in [-0.3, -0.25) is 4.57 Å². The van der Waals surface area contributed by atoms with E-state index in [0.717, 1.165) is 43.0 Å². The van der Waals surface area contributed by atoms with Gasteiger partial charge in [0.2, 0.25) is 5.88 Å². The van der Waals surface area contributed by atoms with E-state index in [9.17, 15) is 0 Å². The van der Waals surface area contributed by atoms with Gasteiger partial charge in [0.1, 0.15) is 17.8 Å². The van der Waals surface area contributed by atoms with Crippen molar-refractivity contribution in [3.63, 3.8) is 0 Å². The lowest BCUT2D eigenvalue weighted by molar-refractivity contribution is 0.139. The second-order valence-electron chi connectivity index (χ2n) is 7.66. The molecule has 0 amide bonds. The average Bonchev–Trinajstić information content (AvgIpc) is 3.06. The number of nitrogens with one attached hydrogen (secondary N) is 1. The highest BCUT2D eigenvalue weighted by Crippen LogP contribution is 2.36. The molecule has 0 atom stereocenters. The van der Waals surface area contributed by atoms with Crippen molar-refractivity contribution in [1.29, 1.82) is 5.41 Å². The molecule has 0 unspecified atom stereocenters. The minimum atomic E-state index is 0.207. The van der Waals surface area contributed by atoms with Crippen molar-refractivity contribution < 1.29 is 4.74 Å². The van der Waals surface area contributed by atoms with Crippen molar-refractivity contribution in [2.24, 2.45) is 0 Å². The lowest BCUT2D eigenvalue weighted by Gasteiger charge is -2.28. The smallest absolute Gasteiger partial charge is 0.213 e. The van der Waals surface area contributed by atoms with Gasteiger partial charge in [0, 0.05) is 36.7 Å². The molecule has 1 aromatic carbocycles. The van der Waals surface area contributed by atoms with Crippen LogP contribution in [0.25, 0.3) is 5.69 Å². The maximum absolute atomic E-state index is 8.27. The van der Waals surface area contributed by atoms with Crippen molar-refractivity contribution >= 4 is 5.71 Å². The summed E-state index contributed by atoms with van der Waals surface area (Å²) in [6, 6.07) is 14.1. The maximum Gasteiger partial charge on any atom is 0.213 e. The molecular formula is C22H23N5O. The standard InChI is InChI=1S/C22H23N5O/c23-17-13-16-5-1-2-6-19(16)27-20(14-17)25-26-22(27)15-8-10-18(11-9-15)28-21-7-3-4-12-24-21/h1-7,12,15,18,23H,8-11,13-14H2. The summed E-state index contributed by atoms with van der Waals surface area (Å²) in [5.41, 5.74) is 3.00. The summed E-state index contributed by atoms with van der Waals surface area (Å²) in [6.07, 6.45) is 7.25. The van der Waals surface area contributed by atoms with Crippen LogP contribution in [0.4, 0.5) is 0 Å². The van der Waals surface area contributed by atoms with E-state index in [1.807, 2.05) is 24.3 Å². The topological polar surface area (TPSA) is 76.7 Å². The van der Waals surface area contributed by atoms with Crippen LogP contribution in [0.3, 0.4) is 0 Å². The molecule has 1 aliphatic heterocycles. The number of fused-ring (bicyclic) bond motifs is 3. The SMILES string of the molecule is N=C1Cc2ccccc2-n2c(nnc2C2CCC(Oc3ccccn3)CC2)C1. The quantitative estimate of drug-likeness (QED) is 0.756. The second kappa shape index (κ2) is 7.19. The molecule has 142 valence electrons. The Morgan fingerprint density at radius 1 is 0.929 bits per heavy atom. The molecule has 5 rings (SSSR count). The van der Waals surface area contributed by atoms with Crippen LogP contribution < -0.4 is 4.74 Å². The number of ether oxygens (including phenoxy) is 1. The van der Waals surface area contributed by atoms with Gasteiger partial charge < -0.3 is 10.1 Å². The van der Waals surface area contributed by atoms with E-state index in [0.29, 0.717) is 30.4 Å². The maximum atomic E-state index is 8.27. The van der Waals surface area contributed by atoms with Gasteiger partial charge in [-0.25, -0.2) is 4.98 Å². The van der Waals surface area contributed by atoms with Gasteiger partial charge in [-0.15, -0.1) is 10.2 Å². The van der Waals surface area contributed by atoms with E-state index in [1.54, 1.807) is 6.20 Å². The molecule has 1 saturated carbocycles. The zero-order chi connectivity index (χ0) is 18.9. The van der Waals surface area contributed by atoms with Crippen LogP contribution in [-0.4, -0.2) is 31.6 Å². The summed E-state index contributed by atoms with van der Waals surface area (Å²) in [4.78, 5) is 4.27. The fourth-order valence-corrected chi connectivity index (χ4v) is 4.36. The van der Waals surface area contributed by atoms with Crippen molar-refractivity contribution in [3.8, 4) is 11.6 Å². The molecule has 0 radical (unpaired) electrons. The van der Waals surface area contributed by atoms with E-state index in [2.05, 4.69) is 37.9 Å². The summed E-state index contributed by atoms with van der Waals surface area (Å²) in [7, 11) is 0. The van der Waals surface area contributed by atoms with Crippen LogP contribution in [0.2, 0.25) is 0 Å². The zero-order valence-electron chi connectivity index (χ0n) is 15.7. The third kappa shape index (κ3) is 3.19. The molecule has 2 aliphatic rings.